The number of hydrogen-bond donors (Lipinski definition) is 3. The van der Waals surface area contributed by atoms with Crippen LogP contribution in [0.4, 0.5) is 5.82 Å². The fraction of sp³-hybridized carbons (Fsp3) is 0.565. The van der Waals surface area contributed by atoms with Gasteiger partial charge in [-0.05, 0) is 25.0 Å². The topological polar surface area (TPSA) is 124 Å². The molecule has 34 heavy (non-hydrogen) atoms. The number of carbonyl (C=O) groups excluding carboxylic acids is 2. The fourth-order valence-electron chi connectivity index (χ4n) is 4.41. The third-order valence-electron chi connectivity index (χ3n) is 6.20. The molecule has 0 bridgehead atoms. The van der Waals surface area contributed by atoms with Gasteiger partial charge in [-0.25, -0.2) is 9.97 Å². The highest BCUT2D eigenvalue weighted by Gasteiger charge is 2.24. The van der Waals surface area contributed by atoms with Gasteiger partial charge in [-0.15, -0.1) is 0 Å². The third-order valence-corrected chi connectivity index (χ3v) is 6.20. The van der Waals surface area contributed by atoms with Crippen LogP contribution in [0, 0.1) is 6.92 Å². The molecule has 0 aromatic carbocycles. The van der Waals surface area contributed by atoms with Crippen LogP contribution in [0.5, 0.6) is 0 Å². The van der Waals surface area contributed by atoms with Crippen molar-refractivity contribution >= 4 is 31.1 Å². The van der Waals surface area contributed by atoms with E-state index in [-0.39, 0.29) is 37.9 Å². The third kappa shape index (κ3) is 6.71. The number of β-amino-alcohol motifs (C(OH)–C–C–N with tert-alkyl or cyclic N) is 1. The lowest BCUT2D eigenvalue weighted by Gasteiger charge is -2.32. The molecule has 2 aliphatic heterocycles. The van der Waals surface area contributed by atoms with Gasteiger partial charge in [0.25, 0.3) is 5.91 Å². The van der Waals surface area contributed by atoms with Crippen molar-refractivity contribution in [3.8, 4) is 0 Å². The van der Waals surface area contributed by atoms with E-state index < -0.39 is 6.10 Å². The standard InChI is InChI=1S/C23H32N6O4.H2S/c1-15-26-20-14-28(8-6-21(20)33-15)13-19(31)12-25-23(32)17-3-7-24-22(11-17)27-18-4-9-29(10-5-18)16(2)30;/h3,7,11,18-19,31H,4-6,8-10,12-14H2,1-2H3,(H,24,27)(H,25,32);1H2/t19-;/m0./s1. The number of piperidine rings is 1. The van der Waals surface area contributed by atoms with Crippen LogP contribution >= 0.6 is 13.5 Å². The van der Waals surface area contributed by atoms with E-state index >= 15 is 0 Å². The zero-order valence-electron chi connectivity index (χ0n) is 19.7. The molecule has 2 aliphatic rings. The van der Waals surface area contributed by atoms with E-state index in [1.54, 1.807) is 25.3 Å². The molecule has 2 aromatic heterocycles. The molecule has 1 saturated heterocycles. The number of aryl methyl sites for hydroxylation is 1. The summed E-state index contributed by atoms with van der Waals surface area (Å²) in [5, 5.41) is 16.6. The molecule has 11 heteroatoms. The molecule has 0 aliphatic carbocycles. The minimum atomic E-state index is -0.686. The fourth-order valence-corrected chi connectivity index (χ4v) is 4.41. The summed E-state index contributed by atoms with van der Waals surface area (Å²) in [6.07, 6.45) is 3.37. The summed E-state index contributed by atoms with van der Waals surface area (Å²) in [6, 6.07) is 3.59. The predicted molar refractivity (Wildman–Crippen MR) is 132 cm³/mol. The first-order valence-electron chi connectivity index (χ1n) is 11.5. The van der Waals surface area contributed by atoms with Crippen molar-refractivity contribution in [1.82, 2.24) is 25.1 Å². The lowest BCUT2D eigenvalue weighted by Crippen LogP contribution is -2.42. The van der Waals surface area contributed by atoms with Crippen LogP contribution in [-0.4, -0.2) is 81.6 Å². The van der Waals surface area contributed by atoms with E-state index in [2.05, 4.69) is 25.5 Å². The molecular formula is C23H34N6O4S. The number of pyridine rings is 1. The quantitative estimate of drug-likeness (QED) is 0.527. The van der Waals surface area contributed by atoms with Crippen molar-refractivity contribution in [2.24, 2.45) is 0 Å². The zero-order chi connectivity index (χ0) is 23.4. The molecule has 4 heterocycles. The van der Waals surface area contributed by atoms with Gasteiger partial charge in [0.05, 0.1) is 11.8 Å². The number of hydrogen-bond acceptors (Lipinski definition) is 8. The SMILES string of the molecule is CC(=O)N1CCC(Nc2cc(C(=O)NC[C@H](O)CN3CCc4oc(C)nc4C3)ccn2)CC1.S. The first-order chi connectivity index (χ1) is 15.9. The highest BCUT2D eigenvalue weighted by atomic mass is 32.1. The van der Waals surface area contributed by atoms with Gasteiger partial charge < -0.3 is 25.1 Å². The number of nitrogens with one attached hydrogen (secondary N) is 2. The van der Waals surface area contributed by atoms with Crippen LogP contribution in [0.1, 0.15) is 47.5 Å². The smallest absolute Gasteiger partial charge is 0.251 e. The second-order valence-corrected chi connectivity index (χ2v) is 8.81. The summed E-state index contributed by atoms with van der Waals surface area (Å²) in [4.78, 5) is 36.8. The van der Waals surface area contributed by atoms with Gasteiger partial charge in [-0.3, -0.25) is 14.5 Å². The minimum absolute atomic E-state index is 0. The molecule has 1 fully saturated rings. The van der Waals surface area contributed by atoms with Crippen LogP contribution < -0.4 is 10.6 Å². The Balaban J connectivity index is 0.00000324. The summed E-state index contributed by atoms with van der Waals surface area (Å²) >= 11 is 0. The second kappa shape index (κ2) is 11.7. The van der Waals surface area contributed by atoms with Crippen molar-refractivity contribution in [3.63, 3.8) is 0 Å². The molecule has 186 valence electrons. The van der Waals surface area contributed by atoms with Crippen LogP contribution in [-0.2, 0) is 17.8 Å². The lowest BCUT2D eigenvalue weighted by molar-refractivity contribution is -0.129. The van der Waals surface area contributed by atoms with Gasteiger partial charge in [-0.1, -0.05) is 0 Å². The molecule has 4 rings (SSSR count). The van der Waals surface area contributed by atoms with Gasteiger partial charge in [0.1, 0.15) is 11.6 Å². The number of anilines is 1. The highest BCUT2D eigenvalue weighted by Crippen LogP contribution is 2.19. The van der Waals surface area contributed by atoms with Crippen LogP contribution in [0.25, 0.3) is 0 Å². The Hall–Kier alpha value is -2.63. The van der Waals surface area contributed by atoms with E-state index in [0.29, 0.717) is 30.4 Å². The average molecular weight is 491 g/mol. The molecule has 0 spiro atoms. The van der Waals surface area contributed by atoms with Gasteiger partial charge in [0, 0.05) is 77.3 Å². The van der Waals surface area contributed by atoms with Gasteiger partial charge in [0.15, 0.2) is 5.89 Å². The Labute approximate surface area is 206 Å². The Bertz CT molecular complexity index is 992. The molecule has 3 N–H and O–H groups in total. The molecular weight excluding hydrogens is 456 g/mol. The van der Waals surface area contributed by atoms with Crippen LogP contribution in [0.3, 0.4) is 0 Å². The number of aliphatic hydroxyl groups is 1. The van der Waals surface area contributed by atoms with Crippen molar-refractivity contribution < 1.29 is 19.1 Å². The Morgan fingerprint density at radius 1 is 1.29 bits per heavy atom. The number of carbonyl (C=O) groups is 2. The van der Waals surface area contributed by atoms with Crippen molar-refractivity contribution in [3.05, 3.63) is 41.2 Å². The molecule has 1 atom stereocenters. The van der Waals surface area contributed by atoms with E-state index in [1.165, 1.54) is 0 Å². The maximum absolute atomic E-state index is 12.6. The molecule has 0 saturated carbocycles. The largest absolute Gasteiger partial charge is 0.446 e. The predicted octanol–water partition coefficient (Wildman–Crippen LogP) is 1.06. The monoisotopic (exact) mass is 490 g/mol. The number of oxazole rings is 1. The second-order valence-electron chi connectivity index (χ2n) is 8.81. The summed E-state index contributed by atoms with van der Waals surface area (Å²) in [5.41, 5.74) is 1.42. The van der Waals surface area contributed by atoms with E-state index in [0.717, 1.165) is 50.4 Å². The van der Waals surface area contributed by atoms with Gasteiger partial charge >= 0.3 is 0 Å². The summed E-state index contributed by atoms with van der Waals surface area (Å²) in [6.45, 7) is 6.92. The maximum atomic E-state index is 12.6. The molecule has 0 unspecified atom stereocenters. The zero-order valence-corrected chi connectivity index (χ0v) is 20.7. The van der Waals surface area contributed by atoms with Gasteiger partial charge in [0.2, 0.25) is 5.91 Å². The van der Waals surface area contributed by atoms with E-state index in [4.69, 9.17) is 4.42 Å². The first kappa shape index (κ1) is 26.0. The Kier molecular flexibility index (Phi) is 8.92. The summed E-state index contributed by atoms with van der Waals surface area (Å²) in [5.74, 6) is 2.08. The van der Waals surface area contributed by atoms with Crippen molar-refractivity contribution in [2.45, 2.75) is 51.8 Å². The Morgan fingerprint density at radius 3 is 2.79 bits per heavy atom. The van der Waals surface area contributed by atoms with Crippen LogP contribution in [0.2, 0.25) is 0 Å². The number of amides is 2. The molecule has 2 aromatic rings. The lowest BCUT2D eigenvalue weighted by atomic mass is 10.0. The van der Waals surface area contributed by atoms with Crippen molar-refractivity contribution in [1.29, 1.82) is 0 Å². The maximum Gasteiger partial charge on any atom is 0.251 e. The molecule has 0 radical (unpaired) electrons. The van der Waals surface area contributed by atoms with Gasteiger partial charge in [-0.2, -0.15) is 13.5 Å². The average Bonchev–Trinajstić information content (AvgIpc) is 3.17. The summed E-state index contributed by atoms with van der Waals surface area (Å²) < 4.78 is 5.58. The Morgan fingerprint density at radius 2 is 2.06 bits per heavy atom. The first-order valence-corrected chi connectivity index (χ1v) is 11.5. The number of aromatic nitrogens is 2. The minimum Gasteiger partial charge on any atom is -0.446 e. The number of likely N-dealkylation sites (tertiary alicyclic amines) is 1. The molecule has 2 amide bonds. The van der Waals surface area contributed by atoms with E-state index in [9.17, 15) is 14.7 Å². The number of fused-ring (bicyclic) bond motifs is 1. The van der Waals surface area contributed by atoms with Crippen molar-refractivity contribution in [2.75, 3.05) is 38.0 Å². The normalized spacial score (nSPS) is 17.4. The molecule has 10 nitrogen and oxygen atoms in total. The number of aliphatic hydroxyl groups excluding tert-OH is 1. The highest BCUT2D eigenvalue weighted by molar-refractivity contribution is 7.59. The summed E-state index contributed by atoms with van der Waals surface area (Å²) in [7, 11) is 0. The number of rotatable bonds is 7. The van der Waals surface area contributed by atoms with Crippen LogP contribution in [0.15, 0.2) is 22.7 Å². The van der Waals surface area contributed by atoms with E-state index in [1.807, 2.05) is 11.8 Å². The number of nitrogens with zero attached hydrogens (tertiary/aromatic N) is 4.